The van der Waals surface area contributed by atoms with Gasteiger partial charge in [0.05, 0.1) is 0 Å². The van der Waals surface area contributed by atoms with E-state index in [1.165, 1.54) is 43.2 Å². The van der Waals surface area contributed by atoms with Crippen molar-refractivity contribution in [3.63, 3.8) is 0 Å². The summed E-state index contributed by atoms with van der Waals surface area (Å²) in [6.45, 7) is 2.84. The fourth-order valence-electron chi connectivity index (χ4n) is 2.36. The largest absolute Gasteiger partial charge is 0.360 e. The number of hydrogen-bond donors (Lipinski definition) is 2. The van der Waals surface area contributed by atoms with Gasteiger partial charge in [0.25, 0.3) is 0 Å². The molecule has 4 heteroatoms. The van der Waals surface area contributed by atoms with Gasteiger partial charge in [0.15, 0.2) is 5.11 Å². The van der Waals surface area contributed by atoms with Crippen LogP contribution in [0.15, 0.2) is 18.5 Å². The lowest BCUT2D eigenvalue weighted by atomic mass is 9.96. The summed E-state index contributed by atoms with van der Waals surface area (Å²) in [5.74, 6) is 0. The maximum absolute atomic E-state index is 5.34. The Labute approximate surface area is 114 Å². The van der Waals surface area contributed by atoms with E-state index in [9.17, 15) is 0 Å². The van der Waals surface area contributed by atoms with Gasteiger partial charge in [-0.1, -0.05) is 19.3 Å². The molecule has 0 saturated heterocycles. The van der Waals surface area contributed by atoms with Crippen LogP contribution in [0, 0.1) is 6.92 Å². The van der Waals surface area contributed by atoms with Gasteiger partial charge in [0.1, 0.15) is 0 Å². The van der Waals surface area contributed by atoms with Gasteiger partial charge in [-0.3, -0.25) is 4.98 Å². The average Bonchev–Trinajstić information content (AvgIpc) is 2.39. The van der Waals surface area contributed by atoms with Crippen molar-refractivity contribution < 1.29 is 0 Å². The fraction of sp³-hybridized carbons (Fsp3) is 0.571. The third-order valence-corrected chi connectivity index (χ3v) is 3.78. The van der Waals surface area contributed by atoms with Gasteiger partial charge in [-0.2, -0.15) is 0 Å². The highest BCUT2D eigenvalue weighted by Crippen LogP contribution is 2.17. The summed E-state index contributed by atoms with van der Waals surface area (Å²) < 4.78 is 0. The first-order valence-corrected chi connectivity index (χ1v) is 7.10. The molecule has 98 valence electrons. The molecule has 1 aromatic heterocycles. The van der Waals surface area contributed by atoms with Crippen molar-refractivity contribution in [1.29, 1.82) is 0 Å². The van der Waals surface area contributed by atoms with E-state index in [2.05, 4.69) is 22.5 Å². The molecule has 1 aliphatic carbocycles. The van der Waals surface area contributed by atoms with Crippen molar-refractivity contribution in [3.8, 4) is 0 Å². The van der Waals surface area contributed by atoms with Crippen molar-refractivity contribution >= 4 is 17.3 Å². The van der Waals surface area contributed by atoms with Crippen molar-refractivity contribution in [1.82, 2.24) is 15.6 Å². The first-order valence-electron chi connectivity index (χ1n) is 6.69. The van der Waals surface area contributed by atoms with Gasteiger partial charge in [0.2, 0.25) is 0 Å². The number of nitrogens with one attached hydrogen (secondary N) is 2. The summed E-state index contributed by atoms with van der Waals surface area (Å²) in [7, 11) is 0. The SMILES string of the molecule is Cc1cnccc1CNC(=S)NC1CCCCC1. The number of pyridine rings is 1. The van der Waals surface area contributed by atoms with Crippen molar-refractivity contribution in [2.45, 2.75) is 51.6 Å². The normalized spacial score (nSPS) is 16.3. The standard InChI is InChI=1S/C14H21N3S/c1-11-9-15-8-7-12(11)10-16-14(18)17-13-5-3-2-4-6-13/h7-9,13H,2-6,10H2,1H3,(H2,16,17,18). The van der Waals surface area contributed by atoms with Crippen LogP contribution in [0.2, 0.25) is 0 Å². The second kappa shape index (κ2) is 6.69. The van der Waals surface area contributed by atoms with Gasteiger partial charge in [-0.05, 0) is 49.2 Å². The van der Waals surface area contributed by atoms with Gasteiger partial charge in [-0.15, -0.1) is 0 Å². The second-order valence-corrected chi connectivity index (χ2v) is 5.37. The van der Waals surface area contributed by atoms with Crippen molar-refractivity contribution in [2.24, 2.45) is 0 Å². The smallest absolute Gasteiger partial charge is 0.166 e. The van der Waals surface area contributed by atoms with Crippen LogP contribution in [0.25, 0.3) is 0 Å². The van der Waals surface area contributed by atoms with Crippen LogP contribution in [0.3, 0.4) is 0 Å². The molecule has 18 heavy (non-hydrogen) atoms. The number of nitrogens with zero attached hydrogens (tertiary/aromatic N) is 1. The van der Waals surface area contributed by atoms with E-state index in [1.54, 1.807) is 0 Å². The van der Waals surface area contributed by atoms with E-state index in [1.807, 2.05) is 18.5 Å². The lowest BCUT2D eigenvalue weighted by molar-refractivity contribution is 0.412. The van der Waals surface area contributed by atoms with Gasteiger partial charge in [0, 0.05) is 25.0 Å². The van der Waals surface area contributed by atoms with Crippen molar-refractivity contribution in [3.05, 3.63) is 29.6 Å². The van der Waals surface area contributed by atoms with E-state index in [4.69, 9.17) is 12.2 Å². The fourth-order valence-corrected chi connectivity index (χ4v) is 2.60. The van der Waals surface area contributed by atoms with E-state index in [-0.39, 0.29) is 0 Å². The zero-order valence-electron chi connectivity index (χ0n) is 10.9. The predicted molar refractivity (Wildman–Crippen MR) is 78.4 cm³/mol. The number of aromatic nitrogens is 1. The Balaban J connectivity index is 1.76. The number of rotatable bonds is 3. The molecule has 3 nitrogen and oxygen atoms in total. The van der Waals surface area contributed by atoms with E-state index < -0.39 is 0 Å². The molecule has 0 atom stereocenters. The molecule has 1 aliphatic rings. The molecule has 0 aromatic carbocycles. The Morgan fingerprint density at radius 1 is 1.39 bits per heavy atom. The molecule has 1 fully saturated rings. The first-order chi connectivity index (χ1) is 8.75. The van der Waals surface area contributed by atoms with Crippen LogP contribution < -0.4 is 10.6 Å². The molecular formula is C14H21N3S. The highest BCUT2D eigenvalue weighted by atomic mass is 32.1. The zero-order chi connectivity index (χ0) is 12.8. The maximum atomic E-state index is 5.34. The average molecular weight is 263 g/mol. The third-order valence-electron chi connectivity index (χ3n) is 3.52. The molecule has 0 spiro atoms. The molecule has 0 bridgehead atoms. The summed E-state index contributed by atoms with van der Waals surface area (Å²) in [4.78, 5) is 4.09. The lowest BCUT2D eigenvalue weighted by Crippen LogP contribution is -2.42. The molecule has 1 aromatic rings. The van der Waals surface area contributed by atoms with E-state index in [0.717, 1.165) is 11.7 Å². The molecular weight excluding hydrogens is 242 g/mol. The number of hydrogen-bond acceptors (Lipinski definition) is 2. The molecule has 1 saturated carbocycles. The van der Waals surface area contributed by atoms with Crippen LogP contribution >= 0.6 is 12.2 Å². The molecule has 0 unspecified atom stereocenters. The quantitative estimate of drug-likeness (QED) is 0.822. The maximum Gasteiger partial charge on any atom is 0.166 e. The van der Waals surface area contributed by atoms with Gasteiger partial charge >= 0.3 is 0 Å². The topological polar surface area (TPSA) is 37.0 Å². The lowest BCUT2D eigenvalue weighted by Gasteiger charge is -2.24. The number of aryl methyl sites for hydroxylation is 1. The summed E-state index contributed by atoms with van der Waals surface area (Å²) in [5.41, 5.74) is 2.45. The van der Waals surface area contributed by atoms with Crippen LogP contribution in [0.1, 0.15) is 43.2 Å². The van der Waals surface area contributed by atoms with Crippen LogP contribution in [-0.2, 0) is 6.54 Å². The minimum absolute atomic E-state index is 0.567. The Bertz CT molecular complexity index is 400. The molecule has 2 rings (SSSR count). The minimum Gasteiger partial charge on any atom is -0.360 e. The Morgan fingerprint density at radius 3 is 2.89 bits per heavy atom. The molecule has 1 heterocycles. The van der Waals surface area contributed by atoms with Crippen molar-refractivity contribution in [2.75, 3.05) is 0 Å². The molecule has 2 N–H and O–H groups in total. The number of thiocarbonyl (C=S) groups is 1. The van der Waals surface area contributed by atoms with Crippen LogP contribution in [0.5, 0.6) is 0 Å². The predicted octanol–water partition coefficient (Wildman–Crippen LogP) is 2.69. The van der Waals surface area contributed by atoms with E-state index >= 15 is 0 Å². The molecule has 0 radical (unpaired) electrons. The first kappa shape index (κ1) is 13.3. The zero-order valence-corrected chi connectivity index (χ0v) is 11.7. The molecule has 0 aliphatic heterocycles. The summed E-state index contributed by atoms with van der Waals surface area (Å²) in [5, 5.41) is 7.47. The van der Waals surface area contributed by atoms with Gasteiger partial charge < -0.3 is 10.6 Å². The van der Waals surface area contributed by atoms with Crippen LogP contribution in [-0.4, -0.2) is 16.1 Å². The Hall–Kier alpha value is -1.16. The Kier molecular flexibility index (Phi) is 4.93. The van der Waals surface area contributed by atoms with E-state index in [0.29, 0.717) is 6.04 Å². The van der Waals surface area contributed by atoms with Crippen LogP contribution in [0.4, 0.5) is 0 Å². The highest BCUT2D eigenvalue weighted by molar-refractivity contribution is 7.80. The minimum atomic E-state index is 0.567. The summed E-state index contributed by atoms with van der Waals surface area (Å²) in [6.07, 6.45) is 10.2. The summed E-state index contributed by atoms with van der Waals surface area (Å²) >= 11 is 5.34. The third kappa shape index (κ3) is 3.95. The second-order valence-electron chi connectivity index (χ2n) is 4.96. The molecule has 0 amide bonds. The summed E-state index contributed by atoms with van der Waals surface area (Å²) in [6, 6.07) is 2.60. The highest BCUT2D eigenvalue weighted by Gasteiger charge is 2.13. The van der Waals surface area contributed by atoms with Gasteiger partial charge in [-0.25, -0.2) is 0 Å². The Morgan fingerprint density at radius 2 is 2.17 bits per heavy atom. The monoisotopic (exact) mass is 263 g/mol.